The first-order valence-corrected chi connectivity index (χ1v) is 7.64. The van der Waals surface area contributed by atoms with Crippen LogP contribution < -0.4 is 9.88 Å². The second kappa shape index (κ2) is 5.71. The van der Waals surface area contributed by atoms with Crippen molar-refractivity contribution in [3.63, 3.8) is 0 Å². The fraction of sp³-hybridized carbons (Fsp3) is 0.727. The quantitative estimate of drug-likeness (QED) is 0.800. The van der Waals surface area contributed by atoms with Crippen LogP contribution in [0.1, 0.15) is 26.7 Å². The molecule has 0 radical (unpaired) electrons. The summed E-state index contributed by atoms with van der Waals surface area (Å²) in [6.45, 7) is 4.21. The molecule has 6 nitrogen and oxygen atoms in total. The molecule has 0 atom stereocenters. The third-order valence-corrected chi connectivity index (χ3v) is 4.25. The molecule has 0 saturated heterocycles. The van der Waals surface area contributed by atoms with Gasteiger partial charge in [0.2, 0.25) is 10.0 Å². The Labute approximate surface area is 108 Å². The fourth-order valence-corrected chi connectivity index (χ4v) is 3.18. The smallest absolute Gasteiger partial charge is 0.209 e. The van der Waals surface area contributed by atoms with Crippen molar-refractivity contribution in [2.24, 2.45) is 17.6 Å². The second-order valence-electron chi connectivity index (χ2n) is 4.65. The van der Waals surface area contributed by atoms with E-state index in [-0.39, 0.29) is 5.75 Å². The summed E-state index contributed by atoms with van der Waals surface area (Å²) in [6.07, 6.45) is 4.74. The molecule has 1 aromatic rings. The Morgan fingerprint density at radius 3 is 2.44 bits per heavy atom. The zero-order chi connectivity index (χ0) is 13.8. The van der Waals surface area contributed by atoms with E-state index < -0.39 is 15.4 Å². The number of hydrogen-bond donors (Lipinski definition) is 1. The van der Waals surface area contributed by atoms with Crippen molar-refractivity contribution in [2.45, 2.75) is 26.7 Å². The molecule has 2 N–H and O–H groups in total. The van der Waals surface area contributed by atoms with Crippen LogP contribution in [0, 0.1) is 5.41 Å². The normalized spacial score (nSPS) is 12.7. The van der Waals surface area contributed by atoms with Crippen LogP contribution in [0.25, 0.3) is 0 Å². The highest BCUT2D eigenvalue weighted by atomic mass is 32.2. The Morgan fingerprint density at radius 1 is 1.44 bits per heavy atom. The Hall–Kier alpha value is -1.08. The summed E-state index contributed by atoms with van der Waals surface area (Å²) < 4.78 is 29.8. The highest BCUT2D eigenvalue weighted by molar-refractivity contribution is 7.89. The van der Waals surface area contributed by atoms with Gasteiger partial charge in [-0.05, 0) is 12.8 Å². The molecule has 1 heterocycles. The van der Waals surface area contributed by atoms with Crippen molar-refractivity contribution in [2.75, 3.05) is 12.4 Å². The predicted molar refractivity (Wildman–Crippen MR) is 69.7 cm³/mol. The van der Waals surface area contributed by atoms with E-state index in [9.17, 15) is 8.42 Å². The lowest BCUT2D eigenvalue weighted by atomic mass is 9.85. The zero-order valence-electron chi connectivity index (χ0n) is 11.1. The average Bonchev–Trinajstić information content (AvgIpc) is 2.69. The highest BCUT2D eigenvalue weighted by Gasteiger charge is 2.32. The molecule has 0 bridgehead atoms. The van der Waals surface area contributed by atoms with Gasteiger partial charge in [-0.3, -0.25) is 4.68 Å². The molecule has 1 aromatic heterocycles. The summed E-state index contributed by atoms with van der Waals surface area (Å²) in [5.74, 6) is 0.575. The SMILES string of the molecule is CCC(CC)(COc1cnn(C)c1)CS(N)(=O)=O. The van der Waals surface area contributed by atoms with Gasteiger partial charge in [0.15, 0.2) is 5.75 Å². The molecule has 0 aliphatic carbocycles. The molecule has 18 heavy (non-hydrogen) atoms. The molecule has 0 aromatic carbocycles. The largest absolute Gasteiger partial charge is 0.490 e. The number of aryl methyl sites for hydroxylation is 1. The Balaban J connectivity index is 2.73. The maximum atomic E-state index is 11.3. The van der Waals surface area contributed by atoms with Crippen molar-refractivity contribution in [1.82, 2.24) is 9.78 Å². The summed E-state index contributed by atoms with van der Waals surface area (Å²) in [5.41, 5.74) is -0.441. The topological polar surface area (TPSA) is 87.2 Å². The van der Waals surface area contributed by atoms with Gasteiger partial charge in [0, 0.05) is 12.5 Å². The number of primary sulfonamides is 1. The lowest BCUT2D eigenvalue weighted by Crippen LogP contribution is -2.37. The van der Waals surface area contributed by atoms with Crippen LogP contribution in [0.4, 0.5) is 0 Å². The lowest BCUT2D eigenvalue weighted by molar-refractivity contribution is 0.154. The Bertz CT molecular complexity index is 477. The van der Waals surface area contributed by atoms with Gasteiger partial charge in [0.05, 0.1) is 24.8 Å². The number of nitrogens with two attached hydrogens (primary N) is 1. The average molecular weight is 275 g/mol. The number of sulfonamides is 1. The molecule has 0 unspecified atom stereocenters. The van der Waals surface area contributed by atoms with Gasteiger partial charge < -0.3 is 4.74 Å². The van der Waals surface area contributed by atoms with Crippen molar-refractivity contribution in [3.8, 4) is 5.75 Å². The molecule has 0 saturated carbocycles. The first-order valence-electron chi connectivity index (χ1n) is 5.92. The van der Waals surface area contributed by atoms with Gasteiger partial charge in [0.1, 0.15) is 0 Å². The van der Waals surface area contributed by atoms with E-state index in [1.807, 2.05) is 13.8 Å². The van der Waals surface area contributed by atoms with Crippen molar-refractivity contribution in [3.05, 3.63) is 12.4 Å². The van der Waals surface area contributed by atoms with Gasteiger partial charge in [-0.2, -0.15) is 5.10 Å². The maximum absolute atomic E-state index is 11.3. The van der Waals surface area contributed by atoms with E-state index in [4.69, 9.17) is 9.88 Å². The van der Waals surface area contributed by atoms with Crippen LogP contribution in [-0.2, 0) is 17.1 Å². The van der Waals surface area contributed by atoms with Crippen LogP contribution in [0.5, 0.6) is 5.75 Å². The van der Waals surface area contributed by atoms with Gasteiger partial charge in [0.25, 0.3) is 0 Å². The van der Waals surface area contributed by atoms with Crippen LogP contribution in [0.15, 0.2) is 12.4 Å². The molecule has 0 fully saturated rings. The van der Waals surface area contributed by atoms with Crippen molar-refractivity contribution in [1.29, 1.82) is 0 Å². The molecule has 0 spiro atoms. The van der Waals surface area contributed by atoms with Crippen LogP contribution in [-0.4, -0.2) is 30.6 Å². The van der Waals surface area contributed by atoms with Crippen LogP contribution >= 0.6 is 0 Å². The third-order valence-electron chi connectivity index (χ3n) is 3.23. The monoisotopic (exact) mass is 275 g/mol. The minimum atomic E-state index is -3.51. The molecule has 0 aliphatic rings. The lowest BCUT2D eigenvalue weighted by Gasteiger charge is -2.30. The summed E-state index contributed by atoms with van der Waals surface area (Å²) in [4.78, 5) is 0. The number of nitrogens with zero attached hydrogens (tertiary/aromatic N) is 2. The third kappa shape index (κ3) is 4.30. The second-order valence-corrected chi connectivity index (χ2v) is 6.27. The van der Waals surface area contributed by atoms with E-state index in [0.717, 1.165) is 0 Å². The van der Waals surface area contributed by atoms with Gasteiger partial charge >= 0.3 is 0 Å². The molecular weight excluding hydrogens is 254 g/mol. The first-order chi connectivity index (χ1) is 8.30. The predicted octanol–water partition coefficient (Wildman–Crippen LogP) is 0.894. The maximum Gasteiger partial charge on any atom is 0.209 e. The highest BCUT2D eigenvalue weighted by Crippen LogP contribution is 2.28. The van der Waals surface area contributed by atoms with Crippen molar-refractivity contribution >= 4 is 10.0 Å². The van der Waals surface area contributed by atoms with E-state index in [2.05, 4.69) is 5.10 Å². The molecule has 0 amide bonds. The van der Waals surface area contributed by atoms with E-state index in [1.165, 1.54) is 0 Å². The standard InChI is InChI=1S/C11H21N3O3S/c1-4-11(5-2,9-18(12,15)16)8-17-10-6-13-14(3)7-10/h6-7H,4-5,8-9H2,1-3H3,(H2,12,15,16). The fourth-order valence-electron chi connectivity index (χ4n) is 1.84. The van der Waals surface area contributed by atoms with Gasteiger partial charge in [-0.25, -0.2) is 13.6 Å². The van der Waals surface area contributed by atoms with Crippen LogP contribution in [0.2, 0.25) is 0 Å². The Kier molecular flexibility index (Phi) is 4.75. The number of aromatic nitrogens is 2. The summed E-state index contributed by atoms with van der Waals surface area (Å²) in [6, 6.07) is 0. The van der Waals surface area contributed by atoms with Crippen LogP contribution in [0.3, 0.4) is 0 Å². The first kappa shape index (κ1) is 15.0. The minimum absolute atomic E-state index is 0.0622. The summed E-state index contributed by atoms with van der Waals surface area (Å²) >= 11 is 0. The minimum Gasteiger partial charge on any atom is -0.490 e. The van der Waals surface area contributed by atoms with Gasteiger partial charge in [-0.15, -0.1) is 0 Å². The molecule has 0 aliphatic heterocycles. The summed E-state index contributed by atoms with van der Waals surface area (Å²) in [5, 5.41) is 9.14. The number of rotatable bonds is 7. The summed E-state index contributed by atoms with van der Waals surface area (Å²) in [7, 11) is -1.71. The van der Waals surface area contributed by atoms with Crippen molar-refractivity contribution < 1.29 is 13.2 Å². The van der Waals surface area contributed by atoms with E-state index in [1.54, 1.807) is 24.1 Å². The molecular formula is C11H21N3O3S. The molecule has 1 rings (SSSR count). The molecule has 104 valence electrons. The Morgan fingerprint density at radius 2 is 2.06 bits per heavy atom. The van der Waals surface area contributed by atoms with E-state index >= 15 is 0 Å². The van der Waals surface area contributed by atoms with Gasteiger partial charge in [-0.1, -0.05) is 13.8 Å². The number of hydrogen-bond acceptors (Lipinski definition) is 4. The number of ether oxygens (including phenoxy) is 1. The van der Waals surface area contributed by atoms with E-state index in [0.29, 0.717) is 25.2 Å². The molecule has 7 heteroatoms. The zero-order valence-corrected chi connectivity index (χ0v) is 11.9.